The number of urea groups is 1. The van der Waals surface area contributed by atoms with Gasteiger partial charge >= 0.3 is 11.7 Å². The van der Waals surface area contributed by atoms with E-state index < -0.39 is 0 Å². The Balaban J connectivity index is 2.16. The molecule has 118 valence electrons. The Morgan fingerprint density at radius 2 is 2.19 bits per heavy atom. The molecule has 1 unspecified atom stereocenters. The Hall–Kier alpha value is -1.79. The maximum absolute atomic E-state index is 12.1. The quantitative estimate of drug-likeness (QED) is 0.900. The molecule has 2 amide bonds. The lowest BCUT2D eigenvalue weighted by molar-refractivity contribution is 0.175. The summed E-state index contributed by atoms with van der Waals surface area (Å²) >= 11 is 0. The fourth-order valence-electron chi connectivity index (χ4n) is 2.83. The number of aromatic nitrogens is 3. The average Bonchev–Trinajstić information content (AvgIpc) is 2.74. The van der Waals surface area contributed by atoms with Gasteiger partial charge in [-0.1, -0.05) is 0 Å². The second-order valence-corrected chi connectivity index (χ2v) is 5.90. The van der Waals surface area contributed by atoms with Gasteiger partial charge in [-0.05, 0) is 33.6 Å². The maximum Gasteiger partial charge on any atom is 0.345 e. The van der Waals surface area contributed by atoms with Crippen molar-refractivity contribution in [3.63, 3.8) is 0 Å². The van der Waals surface area contributed by atoms with Gasteiger partial charge in [0.25, 0.3) is 0 Å². The first kappa shape index (κ1) is 15.6. The summed E-state index contributed by atoms with van der Waals surface area (Å²) in [5.74, 6) is 0.928. The van der Waals surface area contributed by atoms with E-state index in [2.05, 4.69) is 10.4 Å². The number of nitrogens with zero attached hydrogens (tertiary/aromatic N) is 4. The van der Waals surface area contributed by atoms with E-state index >= 15 is 0 Å². The summed E-state index contributed by atoms with van der Waals surface area (Å²) in [7, 11) is 1.67. The first-order valence-corrected chi connectivity index (χ1v) is 7.63. The minimum absolute atomic E-state index is 0.0315. The lowest BCUT2D eigenvalue weighted by atomic mass is 9.97. The predicted octanol–water partition coefficient (Wildman–Crippen LogP) is 0.899. The summed E-state index contributed by atoms with van der Waals surface area (Å²) in [6.45, 7) is 7.84. The lowest BCUT2D eigenvalue weighted by Gasteiger charge is -2.32. The summed E-state index contributed by atoms with van der Waals surface area (Å²) in [6.07, 6.45) is 1.90. The van der Waals surface area contributed by atoms with E-state index in [0.717, 1.165) is 25.2 Å². The van der Waals surface area contributed by atoms with Crippen LogP contribution in [0.15, 0.2) is 4.79 Å². The summed E-state index contributed by atoms with van der Waals surface area (Å²) in [6, 6.07) is 0.0950. The predicted molar refractivity (Wildman–Crippen MR) is 80.4 cm³/mol. The molecule has 1 aliphatic heterocycles. The molecule has 21 heavy (non-hydrogen) atoms. The number of likely N-dealkylation sites (tertiary alicyclic amines) is 1. The van der Waals surface area contributed by atoms with E-state index in [1.54, 1.807) is 11.6 Å². The van der Waals surface area contributed by atoms with Crippen LogP contribution < -0.4 is 11.0 Å². The van der Waals surface area contributed by atoms with Gasteiger partial charge in [-0.15, -0.1) is 0 Å². The molecule has 7 nitrogen and oxygen atoms in total. The smallest absolute Gasteiger partial charge is 0.336 e. The third-order valence-corrected chi connectivity index (χ3v) is 3.84. The van der Waals surface area contributed by atoms with Crippen molar-refractivity contribution in [3.05, 3.63) is 16.3 Å². The van der Waals surface area contributed by atoms with Crippen LogP contribution in [0.1, 0.15) is 45.4 Å². The molecule has 1 atom stereocenters. The number of hydrogen-bond acceptors (Lipinski definition) is 3. The van der Waals surface area contributed by atoms with Gasteiger partial charge in [0.15, 0.2) is 0 Å². The molecule has 1 fully saturated rings. The Morgan fingerprint density at radius 3 is 2.81 bits per heavy atom. The summed E-state index contributed by atoms with van der Waals surface area (Å²) in [5.41, 5.74) is -0.0868. The molecule has 1 saturated heterocycles. The minimum Gasteiger partial charge on any atom is -0.336 e. The molecule has 2 heterocycles. The Bertz CT molecular complexity index is 560. The highest BCUT2D eigenvalue weighted by Gasteiger charge is 2.29. The minimum atomic E-state index is -0.0868. The van der Waals surface area contributed by atoms with Crippen molar-refractivity contribution in [3.8, 4) is 0 Å². The number of nitrogens with one attached hydrogen (secondary N) is 1. The van der Waals surface area contributed by atoms with Crippen molar-refractivity contribution in [2.45, 2.75) is 52.1 Å². The van der Waals surface area contributed by atoms with Crippen LogP contribution >= 0.6 is 0 Å². The third-order valence-electron chi connectivity index (χ3n) is 3.84. The Kier molecular flexibility index (Phi) is 4.69. The zero-order chi connectivity index (χ0) is 15.6. The molecule has 7 heteroatoms. The SMILES string of the molecule is CCn1c(C2CCCN(C(=O)NC(C)C)C2)nn(C)c1=O. The number of piperidine rings is 1. The number of rotatable bonds is 3. The van der Waals surface area contributed by atoms with Crippen molar-refractivity contribution < 1.29 is 4.79 Å². The average molecular weight is 295 g/mol. The van der Waals surface area contributed by atoms with Gasteiger partial charge in [-0.2, -0.15) is 5.10 Å². The zero-order valence-electron chi connectivity index (χ0n) is 13.3. The van der Waals surface area contributed by atoms with Crippen LogP contribution in [0.5, 0.6) is 0 Å². The van der Waals surface area contributed by atoms with Gasteiger partial charge in [-0.25, -0.2) is 14.3 Å². The molecule has 2 rings (SSSR count). The van der Waals surface area contributed by atoms with Crippen LogP contribution in [0.2, 0.25) is 0 Å². The van der Waals surface area contributed by atoms with Gasteiger partial charge in [0.05, 0.1) is 0 Å². The first-order valence-electron chi connectivity index (χ1n) is 7.63. The molecule has 0 radical (unpaired) electrons. The van der Waals surface area contributed by atoms with Crippen molar-refractivity contribution >= 4 is 6.03 Å². The maximum atomic E-state index is 12.1. The third kappa shape index (κ3) is 3.28. The molecule has 0 saturated carbocycles. The monoisotopic (exact) mass is 295 g/mol. The number of carbonyl (C=O) groups is 1. The fourth-order valence-corrected chi connectivity index (χ4v) is 2.83. The normalized spacial score (nSPS) is 19.1. The molecule has 1 N–H and O–H groups in total. The topological polar surface area (TPSA) is 72.2 Å². The van der Waals surface area contributed by atoms with Crippen LogP contribution in [-0.4, -0.2) is 44.4 Å². The molecule has 1 aromatic heterocycles. The number of carbonyl (C=O) groups excluding carboxylic acids is 1. The van der Waals surface area contributed by atoms with E-state index in [9.17, 15) is 9.59 Å². The van der Waals surface area contributed by atoms with Crippen molar-refractivity contribution in [2.75, 3.05) is 13.1 Å². The summed E-state index contributed by atoms with van der Waals surface area (Å²) in [4.78, 5) is 26.0. The second kappa shape index (κ2) is 6.32. The van der Waals surface area contributed by atoms with E-state index in [-0.39, 0.29) is 23.7 Å². The van der Waals surface area contributed by atoms with Crippen LogP contribution in [0, 0.1) is 0 Å². The first-order chi connectivity index (χ1) is 9.93. The summed E-state index contributed by atoms with van der Waals surface area (Å²) in [5, 5.41) is 7.29. The Labute approximate surface area is 124 Å². The number of hydrogen-bond donors (Lipinski definition) is 1. The van der Waals surface area contributed by atoms with Gasteiger partial charge in [0, 0.05) is 38.6 Å². The molecule has 1 aromatic rings. The molecular formula is C14H25N5O2. The van der Waals surface area contributed by atoms with E-state index in [1.807, 2.05) is 25.7 Å². The Morgan fingerprint density at radius 1 is 1.48 bits per heavy atom. The van der Waals surface area contributed by atoms with Crippen LogP contribution in [0.4, 0.5) is 4.79 Å². The van der Waals surface area contributed by atoms with Gasteiger partial charge in [0.2, 0.25) is 0 Å². The van der Waals surface area contributed by atoms with Crippen molar-refractivity contribution in [1.82, 2.24) is 24.6 Å². The molecule has 0 aliphatic carbocycles. The van der Waals surface area contributed by atoms with Crippen LogP contribution in [0.3, 0.4) is 0 Å². The molecule has 0 aromatic carbocycles. The highest BCUT2D eigenvalue weighted by molar-refractivity contribution is 5.74. The molecule has 0 spiro atoms. The summed E-state index contributed by atoms with van der Waals surface area (Å²) < 4.78 is 3.08. The van der Waals surface area contributed by atoms with E-state index in [4.69, 9.17) is 0 Å². The van der Waals surface area contributed by atoms with Gasteiger partial charge in [-0.3, -0.25) is 4.57 Å². The van der Waals surface area contributed by atoms with Crippen LogP contribution in [-0.2, 0) is 13.6 Å². The van der Waals surface area contributed by atoms with Crippen molar-refractivity contribution in [2.24, 2.45) is 7.05 Å². The lowest BCUT2D eigenvalue weighted by Crippen LogP contribution is -2.47. The number of amides is 2. The highest BCUT2D eigenvalue weighted by Crippen LogP contribution is 2.25. The largest absolute Gasteiger partial charge is 0.345 e. The van der Waals surface area contributed by atoms with Gasteiger partial charge < -0.3 is 10.2 Å². The van der Waals surface area contributed by atoms with E-state index in [1.165, 1.54) is 4.68 Å². The molecular weight excluding hydrogens is 270 g/mol. The standard InChI is InChI=1S/C14H25N5O2/c1-5-19-12(16-17(4)14(19)21)11-7-6-8-18(9-11)13(20)15-10(2)3/h10-11H,5-9H2,1-4H3,(H,15,20). The highest BCUT2D eigenvalue weighted by atomic mass is 16.2. The molecule has 1 aliphatic rings. The van der Waals surface area contributed by atoms with Crippen LogP contribution in [0.25, 0.3) is 0 Å². The number of aryl methyl sites for hydroxylation is 1. The van der Waals surface area contributed by atoms with E-state index in [0.29, 0.717) is 13.1 Å². The zero-order valence-corrected chi connectivity index (χ0v) is 13.3. The second-order valence-electron chi connectivity index (χ2n) is 5.90. The van der Waals surface area contributed by atoms with Gasteiger partial charge in [0.1, 0.15) is 5.82 Å². The van der Waals surface area contributed by atoms with Crippen molar-refractivity contribution in [1.29, 1.82) is 0 Å². The fraction of sp³-hybridized carbons (Fsp3) is 0.786. The molecule has 0 bridgehead atoms.